The topological polar surface area (TPSA) is 61.4 Å². The van der Waals surface area contributed by atoms with E-state index in [1.54, 1.807) is 24.3 Å². The fraction of sp³-hybridized carbons (Fsp3) is 0.625. The number of benzene rings is 1. The molecule has 1 aliphatic rings. The fourth-order valence-corrected chi connectivity index (χ4v) is 3.91. The molecule has 1 aromatic rings. The molecule has 0 aliphatic carbocycles. The lowest BCUT2D eigenvalue weighted by atomic mass is 9.93. The monoisotopic (exact) mass is 361 g/mol. The number of sulfonamides is 1. The summed E-state index contributed by atoms with van der Waals surface area (Å²) in [6.45, 7) is 4.48. The molecule has 23 heavy (non-hydrogen) atoms. The first-order chi connectivity index (χ1) is 10.6. The molecule has 0 aromatic heterocycles. The Labute approximate surface area is 146 Å². The number of rotatable bonds is 8. The summed E-state index contributed by atoms with van der Waals surface area (Å²) in [7, 11) is -1.37. The second-order valence-corrected chi connectivity index (χ2v) is 7.66. The molecule has 0 unspecified atom stereocenters. The zero-order chi connectivity index (χ0) is 15.8. The minimum atomic E-state index is -3.37. The number of nitrogens with zero attached hydrogens (tertiary/aromatic N) is 1. The molecule has 0 spiro atoms. The summed E-state index contributed by atoms with van der Waals surface area (Å²) < 4.78 is 26.9. The summed E-state index contributed by atoms with van der Waals surface area (Å²) in [5.41, 5.74) is 0. The first-order valence-corrected chi connectivity index (χ1v) is 9.52. The highest BCUT2D eigenvalue weighted by atomic mass is 35.5. The highest BCUT2D eigenvalue weighted by Gasteiger charge is 2.19. The van der Waals surface area contributed by atoms with Crippen LogP contribution in [0.5, 0.6) is 0 Å². The summed E-state index contributed by atoms with van der Waals surface area (Å²) in [5, 5.41) is 3.20. The Hall–Kier alpha value is -0.660. The summed E-state index contributed by atoms with van der Waals surface area (Å²) in [6.07, 6.45) is 3.67. The quantitative estimate of drug-likeness (QED) is 0.740. The average molecular weight is 362 g/mol. The maximum absolute atomic E-state index is 12.1. The van der Waals surface area contributed by atoms with Crippen molar-refractivity contribution in [1.82, 2.24) is 14.9 Å². The van der Waals surface area contributed by atoms with E-state index < -0.39 is 10.0 Å². The molecule has 2 rings (SSSR count). The van der Waals surface area contributed by atoms with Gasteiger partial charge in [-0.25, -0.2) is 13.1 Å². The van der Waals surface area contributed by atoms with Gasteiger partial charge >= 0.3 is 0 Å². The second kappa shape index (κ2) is 10.3. The zero-order valence-electron chi connectivity index (χ0n) is 13.7. The first-order valence-electron chi connectivity index (χ1n) is 8.03. The van der Waals surface area contributed by atoms with Gasteiger partial charge in [0.15, 0.2) is 0 Å². The molecule has 5 nitrogen and oxygen atoms in total. The van der Waals surface area contributed by atoms with Gasteiger partial charge in [-0.2, -0.15) is 0 Å². The van der Waals surface area contributed by atoms with Crippen molar-refractivity contribution in [1.29, 1.82) is 0 Å². The van der Waals surface area contributed by atoms with Gasteiger partial charge in [0.05, 0.1) is 4.90 Å². The standard InChI is InChI=1S/C16H27N3O2S.ClH/c1-17-10-7-15-8-12-19(13-9-15)14-11-18-22(20,21)16-5-3-2-4-6-16;/h2-6,15,17-18H,7-14H2,1H3;1H. The van der Waals surface area contributed by atoms with E-state index in [0.29, 0.717) is 11.4 Å². The summed E-state index contributed by atoms with van der Waals surface area (Å²) in [6, 6.07) is 8.54. The molecule has 1 heterocycles. The van der Waals surface area contributed by atoms with E-state index in [1.807, 2.05) is 13.1 Å². The van der Waals surface area contributed by atoms with Crippen LogP contribution >= 0.6 is 12.4 Å². The van der Waals surface area contributed by atoms with E-state index in [-0.39, 0.29) is 12.4 Å². The van der Waals surface area contributed by atoms with Crippen molar-refractivity contribution in [2.24, 2.45) is 5.92 Å². The average Bonchev–Trinajstić information content (AvgIpc) is 2.55. The smallest absolute Gasteiger partial charge is 0.240 e. The molecule has 1 aromatic carbocycles. The lowest BCUT2D eigenvalue weighted by molar-refractivity contribution is 0.182. The van der Waals surface area contributed by atoms with Crippen LogP contribution in [0.4, 0.5) is 0 Å². The van der Waals surface area contributed by atoms with Crippen LogP contribution in [0, 0.1) is 5.92 Å². The molecule has 7 heteroatoms. The Balaban J connectivity index is 0.00000264. The van der Waals surface area contributed by atoms with E-state index in [2.05, 4.69) is 14.9 Å². The van der Waals surface area contributed by atoms with E-state index in [9.17, 15) is 8.42 Å². The Morgan fingerprint density at radius 3 is 2.39 bits per heavy atom. The van der Waals surface area contributed by atoms with Gasteiger partial charge in [-0.05, 0) is 64.0 Å². The normalized spacial score (nSPS) is 16.9. The van der Waals surface area contributed by atoms with Gasteiger partial charge in [-0.15, -0.1) is 12.4 Å². The number of likely N-dealkylation sites (tertiary alicyclic amines) is 1. The van der Waals surface area contributed by atoms with E-state index >= 15 is 0 Å². The zero-order valence-corrected chi connectivity index (χ0v) is 15.3. The third-order valence-corrected chi connectivity index (χ3v) is 5.76. The van der Waals surface area contributed by atoms with Crippen LogP contribution < -0.4 is 10.0 Å². The van der Waals surface area contributed by atoms with Crippen molar-refractivity contribution in [3.05, 3.63) is 30.3 Å². The predicted molar refractivity (Wildman–Crippen MR) is 96.6 cm³/mol. The van der Waals surface area contributed by atoms with Crippen LogP contribution in [0.2, 0.25) is 0 Å². The van der Waals surface area contributed by atoms with Crippen LogP contribution in [0.15, 0.2) is 35.2 Å². The molecule has 0 atom stereocenters. The lowest BCUT2D eigenvalue weighted by Crippen LogP contribution is -2.39. The van der Waals surface area contributed by atoms with Crippen LogP contribution in [0.1, 0.15) is 19.3 Å². The summed E-state index contributed by atoms with van der Waals surface area (Å²) in [5.74, 6) is 0.810. The van der Waals surface area contributed by atoms with Crippen molar-refractivity contribution in [2.45, 2.75) is 24.2 Å². The molecule has 132 valence electrons. The molecule has 0 bridgehead atoms. The number of halogens is 1. The van der Waals surface area contributed by atoms with Crippen LogP contribution in [-0.2, 0) is 10.0 Å². The van der Waals surface area contributed by atoms with Crippen molar-refractivity contribution < 1.29 is 8.42 Å². The van der Waals surface area contributed by atoms with Gasteiger partial charge in [0.2, 0.25) is 10.0 Å². The van der Waals surface area contributed by atoms with Gasteiger partial charge < -0.3 is 10.2 Å². The molecular formula is C16H28ClN3O2S. The van der Waals surface area contributed by atoms with Crippen molar-refractivity contribution in [3.8, 4) is 0 Å². The summed E-state index contributed by atoms with van der Waals surface area (Å²) >= 11 is 0. The van der Waals surface area contributed by atoms with Crippen LogP contribution in [0.25, 0.3) is 0 Å². The van der Waals surface area contributed by atoms with Crippen LogP contribution in [-0.4, -0.2) is 53.1 Å². The number of hydrogen-bond donors (Lipinski definition) is 2. The predicted octanol–water partition coefficient (Wildman–Crippen LogP) is 1.71. The molecule has 0 radical (unpaired) electrons. The van der Waals surface area contributed by atoms with Gasteiger partial charge in [-0.1, -0.05) is 18.2 Å². The van der Waals surface area contributed by atoms with Gasteiger partial charge in [0.1, 0.15) is 0 Å². The molecule has 2 N–H and O–H groups in total. The number of hydrogen-bond acceptors (Lipinski definition) is 4. The molecule has 1 aliphatic heterocycles. The molecule has 0 saturated carbocycles. The third kappa shape index (κ3) is 6.77. The second-order valence-electron chi connectivity index (χ2n) is 5.89. The molecule has 1 saturated heterocycles. The Kier molecular flexibility index (Phi) is 9.09. The van der Waals surface area contributed by atoms with E-state index in [0.717, 1.165) is 32.1 Å². The van der Waals surface area contributed by atoms with Crippen molar-refractivity contribution in [3.63, 3.8) is 0 Å². The van der Waals surface area contributed by atoms with Crippen molar-refractivity contribution >= 4 is 22.4 Å². The van der Waals surface area contributed by atoms with Gasteiger partial charge in [0, 0.05) is 13.1 Å². The Bertz CT molecular complexity index is 532. The maximum atomic E-state index is 12.1. The SMILES string of the molecule is CNCCC1CCN(CCNS(=O)(=O)c2ccccc2)CC1.Cl. The number of nitrogens with one attached hydrogen (secondary N) is 2. The van der Waals surface area contributed by atoms with E-state index in [1.165, 1.54) is 19.3 Å². The first kappa shape index (κ1) is 20.4. The molecule has 0 amide bonds. The molecule has 1 fully saturated rings. The summed E-state index contributed by atoms with van der Waals surface area (Å²) in [4.78, 5) is 2.68. The minimum Gasteiger partial charge on any atom is -0.320 e. The van der Waals surface area contributed by atoms with E-state index in [4.69, 9.17) is 0 Å². The third-order valence-electron chi connectivity index (χ3n) is 4.28. The number of piperidine rings is 1. The minimum absolute atomic E-state index is 0. The molecular weight excluding hydrogens is 334 g/mol. The largest absolute Gasteiger partial charge is 0.320 e. The van der Waals surface area contributed by atoms with Gasteiger partial charge in [0.25, 0.3) is 0 Å². The van der Waals surface area contributed by atoms with Crippen LogP contribution in [0.3, 0.4) is 0 Å². The highest BCUT2D eigenvalue weighted by Crippen LogP contribution is 2.19. The van der Waals surface area contributed by atoms with Gasteiger partial charge in [-0.3, -0.25) is 0 Å². The fourth-order valence-electron chi connectivity index (χ4n) is 2.87. The maximum Gasteiger partial charge on any atom is 0.240 e. The highest BCUT2D eigenvalue weighted by molar-refractivity contribution is 7.89. The Morgan fingerprint density at radius 1 is 1.13 bits per heavy atom. The lowest BCUT2D eigenvalue weighted by Gasteiger charge is -2.31. The Morgan fingerprint density at radius 2 is 1.78 bits per heavy atom. The van der Waals surface area contributed by atoms with Crippen molar-refractivity contribution in [2.75, 3.05) is 39.8 Å².